The van der Waals surface area contributed by atoms with E-state index in [2.05, 4.69) is 15.3 Å². The Bertz CT molecular complexity index is 323. The number of carbonyl (C=O) groups is 1. The van der Waals surface area contributed by atoms with Gasteiger partial charge in [-0.25, -0.2) is 4.98 Å². The molecule has 1 amide bonds. The summed E-state index contributed by atoms with van der Waals surface area (Å²) in [6, 6.07) is 0. The lowest BCUT2D eigenvalue weighted by Gasteiger charge is -2.10. The molecule has 2 rings (SSSR count). The number of aromatic amines is 1. The van der Waals surface area contributed by atoms with Gasteiger partial charge in [0.2, 0.25) is 5.91 Å². The van der Waals surface area contributed by atoms with Gasteiger partial charge in [0.15, 0.2) is 0 Å². The molecule has 2 N–H and O–H groups in total. The molecule has 0 aliphatic carbocycles. The molecule has 2 atom stereocenters. The van der Waals surface area contributed by atoms with Crippen LogP contribution >= 0.6 is 0 Å². The van der Waals surface area contributed by atoms with Crippen molar-refractivity contribution < 1.29 is 9.53 Å². The molecule has 82 valence electrons. The van der Waals surface area contributed by atoms with Crippen LogP contribution in [0.25, 0.3) is 0 Å². The zero-order valence-electron chi connectivity index (χ0n) is 8.69. The second kappa shape index (κ2) is 4.44. The highest BCUT2D eigenvalue weighted by Crippen LogP contribution is 2.18. The molecule has 1 aliphatic heterocycles. The van der Waals surface area contributed by atoms with E-state index in [1.54, 1.807) is 12.4 Å². The Morgan fingerprint density at radius 1 is 1.73 bits per heavy atom. The second-order valence-electron chi connectivity index (χ2n) is 3.77. The molecule has 0 radical (unpaired) electrons. The SMILES string of the molecule is CC1CCC(C(=O)NCc2ncc[nH]2)O1. The third-order valence-corrected chi connectivity index (χ3v) is 2.51. The van der Waals surface area contributed by atoms with Crippen molar-refractivity contribution in [2.24, 2.45) is 0 Å². The predicted molar refractivity (Wildman–Crippen MR) is 54.0 cm³/mol. The number of amides is 1. The predicted octanol–water partition coefficient (Wildman–Crippen LogP) is 0.593. The molecule has 0 spiro atoms. The molecule has 5 nitrogen and oxygen atoms in total. The number of nitrogens with zero attached hydrogens (tertiary/aromatic N) is 1. The normalized spacial score (nSPS) is 25.4. The molecule has 0 saturated carbocycles. The molecule has 1 fully saturated rings. The van der Waals surface area contributed by atoms with E-state index < -0.39 is 0 Å². The van der Waals surface area contributed by atoms with Crippen LogP contribution in [0.3, 0.4) is 0 Å². The first-order valence-corrected chi connectivity index (χ1v) is 5.17. The maximum absolute atomic E-state index is 11.6. The van der Waals surface area contributed by atoms with Gasteiger partial charge in [-0.15, -0.1) is 0 Å². The average molecular weight is 209 g/mol. The van der Waals surface area contributed by atoms with Gasteiger partial charge in [-0.05, 0) is 19.8 Å². The smallest absolute Gasteiger partial charge is 0.249 e. The summed E-state index contributed by atoms with van der Waals surface area (Å²) < 4.78 is 5.45. The molecular formula is C10H15N3O2. The van der Waals surface area contributed by atoms with Gasteiger partial charge in [0.25, 0.3) is 0 Å². The van der Waals surface area contributed by atoms with Crippen LogP contribution in [-0.2, 0) is 16.1 Å². The summed E-state index contributed by atoms with van der Waals surface area (Å²) in [7, 11) is 0. The minimum atomic E-state index is -0.282. The van der Waals surface area contributed by atoms with Crippen molar-refractivity contribution in [3.8, 4) is 0 Å². The quantitative estimate of drug-likeness (QED) is 0.765. The fraction of sp³-hybridized carbons (Fsp3) is 0.600. The van der Waals surface area contributed by atoms with Gasteiger partial charge in [0, 0.05) is 12.4 Å². The number of nitrogens with one attached hydrogen (secondary N) is 2. The lowest BCUT2D eigenvalue weighted by atomic mass is 10.2. The molecule has 15 heavy (non-hydrogen) atoms. The topological polar surface area (TPSA) is 67.0 Å². The molecule has 1 aromatic heterocycles. The lowest BCUT2D eigenvalue weighted by Crippen LogP contribution is -2.34. The van der Waals surface area contributed by atoms with E-state index in [0.29, 0.717) is 6.54 Å². The van der Waals surface area contributed by atoms with E-state index in [9.17, 15) is 4.79 Å². The monoisotopic (exact) mass is 209 g/mol. The molecule has 5 heteroatoms. The molecule has 1 aliphatic rings. The number of carbonyl (C=O) groups excluding carboxylic acids is 1. The highest BCUT2D eigenvalue weighted by molar-refractivity contribution is 5.80. The van der Waals surface area contributed by atoms with Crippen LogP contribution in [0.1, 0.15) is 25.6 Å². The van der Waals surface area contributed by atoms with Crippen molar-refractivity contribution in [1.82, 2.24) is 15.3 Å². The summed E-state index contributed by atoms with van der Waals surface area (Å²) in [5, 5.41) is 2.79. The first-order valence-electron chi connectivity index (χ1n) is 5.17. The summed E-state index contributed by atoms with van der Waals surface area (Å²) in [5.74, 6) is 0.713. The van der Waals surface area contributed by atoms with E-state index in [1.165, 1.54) is 0 Å². The minimum Gasteiger partial charge on any atom is -0.365 e. The number of ether oxygens (including phenoxy) is 1. The van der Waals surface area contributed by atoms with Crippen LogP contribution < -0.4 is 5.32 Å². The van der Waals surface area contributed by atoms with Gasteiger partial charge in [0.1, 0.15) is 11.9 Å². The van der Waals surface area contributed by atoms with Crippen LogP contribution in [0.5, 0.6) is 0 Å². The number of rotatable bonds is 3. The van der Waals surface area contributed by atoms with E-state index in [4.69, 9.17) is 4.74 Å². The number of aromatic nitrogens is 2. The fourth-order valence-electron chi connectivity index (χ4n) is 1.67. The first kappa shape index (κ1) is 10.2. The lowest BCUT2D eigenvalue weighted by molar-refractivity contribution is -0.131. The van der Waals surface area contributed by atoms with Crippen LogP contribution in [0.4, 0.5) is 0 Å². The number of hydrogen-bond acceptors (Lipinski definition) is 3. The second-order valence-corrected chi connectivity index (χ2v) is 3.77. The summed E-state index contributed by atoms with van der Waals surface area (Å²) in [4.78, 5) is 18.6. The molecule has 2 heterocycles. The molecular weight excluding hydrogens is 194 g/mol. The van der Waals surface area contributed by atoms with Crippen molar-refractivity contribution in [2.45, 2.75) is 38.5 Å². The molecule has 0 aromatic carbocycles. The third kappa shape index (κ3) is 2.56. The Kier molecular flexibility index (Phi) is 3.01. The Morgan fingerprint density at radius 3 is 3.20 bits per heavy atom. The highest BCUT2D eigenvalue weighted by Gasteiger charge is 2.27. The van der Waals surface area contributed by atoms with Crippen molar-refractivity contribution in [3.63, 3.8) is 0 Å². The van der Waals surface area contributed by atoms with Gasteiger partial charge >= 0.3 is 0 Å². The Hall–Kier alpha value is -1.36. The van der Waals surface area contributed by atoms with Crippen molar-refractivity contribution in [3.05, 3.63) is 18.2 Å². The van der Waals surface area contributed by atoms with Gasteiger partial charge in [-0.2, -0.15) is 0 Å². The van der Waals surface area contributed by atoms with Crippen molar-refractivity contribution in [2.75, 3.05) is 0 Å². The van der Waals surface area contributed by atoms with E-state index in [1.807, 2.05) is 6.92 Å². The van der Waals surface area contributed by atoms with Crippen molar-refractivity contribution >= 4 is 5.91 Å². The fourth-order valence-corrected chi connectivity index (χ4v) is 1.67. The number of hydrogen-bond donors (Lipinski definition) is 2. The summed E-state index contributed by atoms with van der Waals surface area (Å²) in [5.41, 5.74) is 0. The van der Waals surface area contributed by atoms with Gasteiger partial charge in [-0.1, -0.05) is 0 Å². The Labute approximate surface area is 88.2 Å². The molecule has 0 bridgehead atoms. The maximum Gasteiger partial charge on any atom is 0.249 e. The van der Waals surface area contributed by atoms with Gasteiger partial charge in [0.05, 0.1) is 12.6 Å². The van der Waals surface area contributed by atoms with E-state index in [0.717, 1.165) is 18.7 Å². The molecule has 1 saturated heterocycles. The van der Waals surface area contributed by atoms with Gasteiger partial charge < -0.3 is 15.0 Å². The Balaban J connectivity index is 1.78. The minimum absolute atomic E-state index is 0.0456. The first-order chi connectivity index (χ1) is 7.25. The largest absolute Gasteiger partial charge is 0.365 e. The summed E-state index contributed by atoms with van der Waals surface area (Å²) in [6.45, 7) is 2.42. The molecule has 1 aromatic rings. The van der Waals surface area contributed by atoms with Crippen LogP contribution in [-0.4, -0.2) is 28.1 Å². The number of H-pyrrole nitrogens is 1. The van der Waals surface area contributed by atoms with Crippen LogP contribution in [0, 0.1) is 0 Å². The maximum atomic E-state index is 11.6. The van der Waals surface area contributed by atoms with Crippen molar-refractivity contribution in [1.29, 1.82) is 0 Å². The molecule has 2 unspecified atom stereocenters. The van der Waals surface area contributed by atoms with Gasteiger partial charge in [-0.3, -0.25) is 4.79 Å². The van der Waals surface area contributed by atoms with Crippen LogP contribution in [0.2, 0.25) is 0 Å². The zero-order chi connectivity index (χ0) is 10.7. The van der Waals surface area contributed by atoms with Crippen LogP contribution in [0.15, 0.2) is 12.4 Å². The summed E-state index contributed by atoms with van der Waals surface area (Å²) in [6.07, 6.45) is 5.08. The zero-order valence-corrected chi connectivity index (χ0v) is 8.69. The highest BCUT2D eigenvalue weighted by atomic mass is 16.5. The summed E-state index contributed by atoms with van der Waals surface area (Å²) >= 11 is 0. The van der Waals surface area contributed by atoms with E-state index >= 15 is 0 Å². The average Bonchev–Trinajstić information content (AvgIpc) is 2.84. The van der Waals surface area contributed by atoms with E-state index in [-0.39, 0.29) is 18.1 Å². The number of imidazole rings is 1. The third-order valence-electron chi connectivity index (χ3n) is 2.51. The Morgan fingerprint density at radius 2 is 2.60 bits per heavy atom. The standard InChI is InChI=1S/C10H15N3O2/c1-7-2-3-8(15-7)10(14)13-6-9-11-4-5-12-9/h4-5,7-8H,2-3,6H2,1H3,(H,11,12)(H,13,14).